The second kappa shape index (κ2) is 9.35. The molecule has 1 unspecified atom stereocenters. The molecule has 3 aliphatic heterocycles. The largest absolute Gasteiger partial charge is 0.482 e. The average Bonchev–Trinajstić information content (AvgIpc) is 3.44. The van der Waals surface area contributed by atoms with Crippen molar-refractivity contribution in [3.63, 3.8) is 0 Å². The quantitative estimate of drug-likeness (QED) is 0.502. The van der Waals surface area contributed by atoms with E-state index in [4.69, 9.17) is 9.84 Å². The molecule has 0 spiro atoms. The summed E-state index contributed by atoms with van der Waals surface area (Å²) in [4.78, 5) is 30.5. The van der Waals surface area contributed by atoms with Gasteiger partial charge in [-0.3, -0.25) is 4.79 Å². The minimum absolute atomic E-state index is 0.0438. The molecule has 2 N–H and O–H groups in total. The molecule has 3 aliphatic rings. The molecule has 0 aromatic heterocycles. The fourth-order valence-corrected chi connectivity index (χ4v) is 5.55. The summed E-state index contributed by atoms with van der Waals surface area (Å²) in [5.74, 6) is -0.445. The zero-order valence-electron chi connectivity index (χ0n) is 20.8. The Morgan fingerprint density at radius 1 is 1.00 bits per heavy atom. The van der Waals surface area contributed by atoms with Crippen LogP contribution in [-0.4, -0.2) is 43.7 Å². The van der Waals surface area contributed by atoms with Gasteiger partial charge >= 0.3 is 5.97 Å². The number of amides is 1. The lowest BCUT2D eigenvalue weighted by atomic mass is 10.1. The van der Waals surface area contributed by atoms with E-state index < -0.39 is 5.97 Å². The van der Waals surface area contributed by atoms with E-state index in [1.54, 1.807) is 12.1 Å². The topological polar surface area (TPSA) is 85.4 Å². The van der Waals surface area contributed by atoms with Crippen LogP contribution in [-0.2, 0) is 11.3 Å². The van der Waals surface area contributed by atoms with Crippen LogP contribution in [0, 0.1) is 0 Å². The number of nitrogens with zero attached hydrogens (tertiary/aromatic N) is 3. The number of carbonyl (C=O) groups excluding carboxylic acids is 1. The number of hydrogen-bond acceptors (Lipinski definition) is 6. The molecule has 8 nitrogen and oxygen atoms in total. The molecule has 3 aromatic carbocycles. The molecule has 190 valence electrons. The molecule has 8 heteroatoms. The number of carboxylic acid groups (broad SMARTS) is 1. The van der Waals surface area contributed by atoms with Crippen molar-refractivity contribution in [3.05, 3.63) is 77.4 Å². The van der Waals surface area contributed by atoms with E-state index in [0.717, 1.165) is 46.8 Å². The number of carbonyl (C=O) groups is 2. The van der Waals surface area contributed by atoms with Gasteiger partial charge in [0.2, 0.25) is 0 Å². The van der Waals surface area contributed by atoms with E-state index in [-0.39, 0.29) is 18.7 Å². The fraction of sp³-hybridized carbons (Fsp3) is 0.310. The Kier molecular flexibility index (Phi) is 5.87. The molecule has 0 saturated carbocycles. The number of piperidine rings is 1. The van der Waals surface area contributed by atoms with Gasteiger partial charge in [0, 0.05) is 37.1 Å². The van der Waals surface area contributed by atoms with E-state index in [0.29, 0.717) is 12.3 Å². The van der Waals surface area contributed by atoms with Gasteiger partial charge in [0.05, 0.1) is 17.9 Å². The molecule has 0 radical (unpaired) electrons. The van der Waals surface area contributed by atoms with E-state index in [1.807, 2.05) is 42.3 Å². The maximum atomic E-state index is 13.3. The number of benzene rings is 3. The normalized spacial score (nSPS) is 18.5. The highest BCUT2D eigenvalue weighted by Crippen LogP contribution is 2.43. The Labute approximate surface area is 216 Å². The first-order chi connectivity index (χ1) is 18.0. The number of fused-ring (bicyclic) bond motifs is 2. The van der Waals surface area contributed by atoms with Gasteiger partial charge < -0.3 is 29.9 Å². The first-order valence-electron chi connectivity index (χ1n) is 12.8. The Hall–Kier alpha value is -4.20. The number of carboxylic acids is 1. The third-order valence-electron chi connectivity index (χ3n) is 7.52. The number of nitrogens with one attached hydrogen (secondary N) is 1. The van der Waals surface area contributed by atoms with Crippen LogP contribution in [0.3, 0.4) is 0 Å². The van der Waals surface area contributed by atoms with Crippen LogP contribution in [0.2, 0.25) is 0 Å². The summed E-state index contributed by atoms with van der Waals surface area (Å²) >= 11 is 0. The zero-order valence-corrected chi connectivity index (χ0v) is 20.8. The Morgan fingerprint density at radius 2 is 1.76 bits per heavy atom. The van der Waals surface area contributed by atoms with Crippen molar-refractivity contribution in [1.29, 1.82) is 0 Å². The number of anilines is 4. The molecular formula is C29H30N4O4. The van der Waals surface area contributed by atoms with Crippen molar-refractivity contribution in [2.45, 2.75) is 32.0 Å². The molecular weight excluding hydrogens is 468 g/mol. The number of ether oxygens (including phenoxy) is 1. The van der Waals surface area contributed by atoms with Crippen LogP contribution in [0.4, 0.5) is 22.7 Å². The van der Waals surface area contributed by atoms with Crippen molar-refractivity contribution in [1.82, 2.24) is 0 Å². The van der Waals surface area contributed by atoms with Gasteiger partial charge in [0.25, 0.3) is 5.91 Å². The molecule has 1 saturated heterocycles. The number of hydrogen-bond donors (Lipinski definition) is 2. The van der Waals surface area contributed by atoms with Gasteiger partial charge in [-0.2, -0.15) is 0 Å². The molecule has 6 rings (SSSR count). The van der Waals surface area contributed by atoms with Gasteiger partial charge in [0.1, 0.15) is 11.9 Å². The first kappa shape index (κ1) is 23.2. The molecule has 1 fully saturated rings. The van der Waals surface area contributed by atoms with Crippen LogP contribution < -0.4 is 24.8 Å². The summed E-state index contributed by atoms with van der Waals surface area (Å²) < 4.78 is 5.25. The predicted octanol–water partition coefficient (Wildman–Crippen LogP) is 4.86. The van der Waals surface area contributed by atoms with Crippen LogP contribution in [0.15, 0.2) is 60.7 Å². The number of rotatable bonds is 6. The highest BCUT2D eigenvalue weighted by Gasteiger charge is 2.32. The maximum Gasteiger partial charge on any atom is 0.341 e. The van der Waals surface area contributed by atoms with E-state index >= 15 is 0 Å². The Balaban J connectivity index is 1.19. The summed E-state index contributed by atoms with van der Waals surface area (Å²) in [6.07, 6.45) is 3.66. The molecule has 37 heavy (non-hydrogen) atoms. The third kappa shape index (κ3) is 4.33. The summed E-state index contributed by atoms with van der Waals surface area (Å²) in [5, 5.41) is 12.3. The minimum Gasteiger partial charge on any atom is -0.482 e. The Morgan fingerprint density at radius 3 is 2.51 bits per heavy atom. The van der Waals surface area contributed by atoms with Crippen molar-refractivity contribution < 1.29 is 19.4 Å². The van der Waals surface area contributed by atoms with Crippen LogP contribution in [0.5, 0.6) is 5.75 Å². The van der Waals surface area contributed by atoms with Crippen molar-refractivity contribution in [2.24, 2.45) is 0 Å². The summed E-state index contributed by atoms with van der Waals surface area (Å²) in [6, 6.07) is 19.8. The van der Waals surface area contributed by atoms with Crippen LogP contribution in [0.1, 0.15) is 46.9 Å². The van der Waals surface area contributed by atoms with Gasteiger partial charge in [-0.05, 0) is 78.9 Å². The van der Waals surface area contributed by atoms with Gasteiger partial charge in [-0.15, -0.1) is 0 Å². The smallest absolute Gasteiger partial charge is 0.341 e. The van der Waals surface area contributed by atoms with Crippen molar-refractivity contribution in [2.75, 3.05) is 46.8 Å². The maximum absolute atomic E-state index is 13.3. The van der Waals surface area contributed by atoms with E-state index in [2.05, 4.69) is 33.3 Å². The standard InChI is InChI=1S/C29H30N4O4/c1-31-26-16-22(8-12-25(26)30-28(31)19-5-9-23(10-6-19)37-18-27(34)35)33-17-20-15-21(7-11-24(20)29(33)36)32-13-3-2-4-14-32/h5-12,15-16,28,30H,2-4,13-14,17-18H2,1H3,(H,34,35). The van der Waals surface area contributed by atoms with Gasteiger partial charge in [-0.25, -0.2) is 4.79 Å². The lowest BCUT2D eigenvalue weighted by molar-refractivity contribution is -0.139. The summed E-state index contributed by atoms with van der Waals surface area (Å²) in [6.45, 7) is 2.38. The molecule has 0 aliphatic carbocycles. The molecule has 0 bridgehead atoms. The third-order valence-corrected chi connectivity index (χ3v) is 7.52. The second-order valence-corrected chi connectivity index (χ2v) is 9.89. The minimum atomic E-state index is -1.01. The summed E-state index contributed by atoms with van der Waals surface area (Å²) in [5.41, 5.74) is 7.02. The van der Waals surface area contributed by atoms with Gasteiger partial charge in [-0.1, -0.05) is 12.1 Å². The second-order valence-electron chi connectivity index (χ2n) is 9.89. The van der Waals surface area contributed by atoms with E-state index in [9.17, 15) is 9.59 Å². The highest BCUT2D eigenvalue weighted by atomic mass is 16.5. The van der Waals surface area contributed by atoms with Crippen LogP contribution >= 0.6 is 0 Å². The lowest BCUT2D eigenvalue weighted by Crippen LogP contribution is -2.29. The number of aliphatic carboxylic acids is 1. The first-order valence-corrected chi connectivity index (χ1v) is 12.8. The average molecular weight is 499 g/mol. The van der Waals surface area contributed by atoms with Gasteiger partial charge in [0.15, 0.2) is 6.61 Å². The molecule has 1 amide bonds. The summed E-state index contributed by atoms with van der Waals surface area (Å²) in [7, 11) is 2.02. The molecule has 3 aromatic rings. The predicted molar refractivity (Wildman–Crippen MR) is 144 cm³/mol. The fourth-order valence-electron chi connectivity index (χ4n) is 5.55. The zero-order chi connectivity index (χ0) is 25.5. The SMILES string of the molecule is CN1c2cc(N3Cc4cc(N5CCCCC5)ccc4C3=O)ccc2NC1c1ccc(OCC(=O)O)cc1. The molecule has 1 atom stereocenters. The van der Waals surface area contributed by atoms with Crippen LogP contribution in [0.25, 0.3) is 0 Å². The molecule has 3 heterocycles. The lowest BCUT2D eigenvalue weighted by Gasteiger charge is -2.29. The van der Waals surface area contributed by atoms with E-state index in [1.165, 1.54) is 24.9 Å². The van der Waals surface area contributed by atoms with Crippen molar-refractivity contribution >= 4 is 34.6 Å². The monoisotopic (exact) mass is 498 g/mol. The van der Waals surface area contributed by atoms with Crippen molar-refractivity contribution in [3.8, 4) is 5.75 Å². The highest BCUT2D eigenvalue weighted by molar-refractivity contribution is 6.10. The Bertz CT molecular complexity index is 1350.